The van der Waals surface area contributed by atoms with Gasteiger partial charge in [-0.05, 0) is 34.9 Å². The summed E-state index contributed by atoms with van der Waals surface area (Å²) in [4.78, 5) is 20.0. The lowest BCUT2D eigenvalue weighted by atomic mass is 10.1. The minimum Gasteiger partial charge on any atom is -0.463 e. The Morgan fingerprint density at radius 2 is 2.11 bits per heavy atom. The van der Waals surface area contributed by atoms with Crippen LogP contribution in [0.1, 0.15) is 49.4 Å². The number of nitrogens with one attached hydrogen (secondary N) is 1. The van der Waals surface area contributed by atoms with Crippen LogP contribution in [0.5, 0.6) is 0 Å². The van der Waals surface area contributed by atoms with Crippen molar-refractivity contribution in [3.63, 3.8) is 0 Å². The van der Waals surface area contributed by atoms with Crippen molar-refractivity contribution >= 4 is 34.4 Å². The minimum atomic E-state index is -0.507. The highest BCUT2D eigenvalue weighted by molar-refractivity contribution is 14.1. The van der Waals surface area contributed by atoms with Crippen LogP contribution in [0, 0.1) is 3.57 Å². The zero-order valence-corrected chi connectivity index (χ0v) is 13.2. The second kappa shape index (κ2) is 6.86. The third-order valence-corrected chi connectivity index (χ3v) is 3.40. The summed E-state index contributed by atoms with van der Waals surface area (Å²) in [5.41, 5.74) is 0.865. The van der Waals surface area contributed by atoms with E-state index in [0.29, 0.717) is 5.82 Å². The van der Waals surface area contributed by atoms with Crippen molar-refractivity contribution < 1.29 is 9.53 Å². The average Bonchev–Trinajstić information content (AvgIpc) is 2.36. The highest BCUT2D eigenvalue weighted by Crippen LogP contribution is 2.25. The lowest BCUT2D eigenvalue weighted by Gasteiger charge is -2.13. The first-order valence-electron chi connectivity index (χ1n) is 5.90. The number of ether oxygens (including phenoxy) is 1. The molecule has 0 spiro atoms. The van der Waals surface area contributed by atoms with Gasteiger partial charge in [-0.1, -0.05) is 20.8 Å². The van der Waals surface area contributed by atoms with Gasteiger partial charge in [0.25, 0.3) is 0 Å². The highest BCUT2D eigenvalue weighted by atomic mass is 127. The van der Waals surface area contributed by atoms with Gasteiger partial charge in [0, 0.05) is 6.54 Å². The quantitative estimate of drug-likeness (QED) is 0.644. The third kappa shape index (κ3) is 3.54. The molecule has 1 rings (SSSR count). The van der Waals surface area contributed by atoms with Crippen LogP contribution in [0.25, 0.3) is 0 Å². The molecule has 0 aromatic carbocycles. The van der Waals surface area contributed by atoms with E-state index in [9.17, 15) is 4.79 Å². The molecule has 5 nitrogen and oxygen atoms in total. The van der Waals surface area contributed by atoms with E-state index in [1.165, 1.54) is 7.11 Å². The molecule has 100 valence electrons. The minimum absolute atomic E-state index is 0.111. The maximum Gasteiger partial charge on any atom is 0.376 e. The molecule has 0 amide bonds. The molecule has 0 unspecified atom stereocenters. The van der Waals surface area contributed by atoms with Gasteiger partial charge in [0.15, 0.2) is 0 Å². The summed E-state index contributed by atoms with van der Waals surface area (Å²) >= 11 is 2.21. The number of carbonyl (C=O) groups is 1. The van der Waals surface area contributed by atoms with Gasteiger partial charge in [0.1, 0.15) is 5.82 Å². The predicted molar refractivity (Wildman–Crippen MR) is 79.0 cm³/mol. The molecule has 1 aromatic heterocycles. The Bertz CT molecular complexity index is 436. The van der Waals surface area contributed by atoms with Gasteiger partial charge in [-0.2, -0.15) is 0 Å². The van der Waals surface area contributed by atoms with Crippen LogP contribution in [-0.4, -0.2) is 29.6 Å². The second-order valence-corrected chi connectivity index (χ2v) is 5.25. The second-order valence-electron chi connectivity index (χ2n) is 4.17. The molecule has 0 saturated heterocycles. The van der Waals surface area contributed by atoms with E-state index >= 15 is 0 Å². The molecule has 6 heteroatoms. The van der Waals surface area contributed by atoms with E-state index < -0.39 is 5.97 Å². The lowest BCUT2D eigenvalue weighted by molar-refractivity contribution is 0.0586. The zero-order valence-electron chi connectivity index (χ0n) is 11.1. The van der Waals surface area contributed by atoms with E-state index in [1.54, 1.807) is 0 Å². The summed E-state index contributed by atoms with van der Waals surface area (Å²) in [7, 11) is 1.33. The number of hydrogen-bond acceptors (Lipinski definition) is 5. The van der Waals surface area contributed by atoms with Gasteiger partial charge in [0.2, 0.25) is 5.82 Å². The van der Waals surface area contributed by atoms with Crippen molar-refractivity contribution in [3.05, 3.63) is 15.1 Å². The Balaban J connectivity index is 3.23. The molecule has 0 radical (unpaired) electrons. The molecule has 1 aromatic rings. The molecule has 1 N–H and O–H groups in total. The predicted octanol–water partition coefficient (Wildman–Crippen LogP) is 2.81. The van der Waals surface area contributed by atoms with Crippen molar-refractivity contribution in [2.45, 2.75) is 33.1 Å². The molecule has 0 atom stereocenters. The largest absolute Gasteiger partial charge is 0.463 e. The number of aromatic nitrogens is 2. The molecular weight excluding hydrogens is 345 g/mol. The fourth-order valence-corrected chi connectivity index (χ4v) is 2.44. The summed E-state index contributed by atoms with van der Waals surface area (Å²) in [6.07, 6.45) is 0.991. The van der Waals surface area contributed by atoms with Crippen LogP contribution in [0.4, 0.5) is 5.82 Å². The molecule has 1 heterocycles. The molecule has 0 fully saturated rings. The topological polar surface area (TPSA) is 64.1 Å². The Hall–Kier alpha value is -0.920. The molecule has 0 aliphatic rings. The van der Waals surface area contributed by atoms with Gasteiger partial charge < -0.3 is 10.1 Å². The Morgan fingerprint density at radius 1 is 1.44 bits per heavy atom. The Kier molecular flexibility index (Phi) is 5.77. The van der Waals surface area contributed by atoms with Gasteiger partial charge in [-0.3, -0.25) is 0 Å². The van der Waals surface area contributed by atoms with Crippen molar-refractivity contribution in [2.24, 2.45) is 0 Å². The fraction of sp³-hybridized carbons (Fsp3) is 0.583. The normalized spacial score (nSPS) is 10.6. The van der Waals surface area contributed by atoms with Crippen LogP contribution in [0.3, 0.4) is 0 Å². The van der Waals surface area contributed by atoms with Gasteiger partial charge in [0.05, 0.1) is 16.4 Å². The van der Waals surface area contributed by atoms with E-state index in [1.807, 2.05) is 13.8 Å². The number of hydrogen-bond donors (Lipinski definition) is 1. The van der Waals surface area contributed by atoms with Crippen LogP contribution < -0.4 is 5.32 Å². The van der Waals surface area contributed by atoms with Crippen LogP contribution >= 0.6 is 22.6 Å². The number of esters is 1. The summed E-state index contributed by atoms with van der Waals surface area (Å²) in [5, 5.41) is 3.21. The number of halogens is 1. The summed E-state index contributed by atoms with van der Waals surface area (Å²) in [6.45, 7) is 6.96. The summed E-state index contributed by atoms with van der Waals surface area (Å²) < 4.78 is 5.64. The standard InChI is InChI=1S/C12H18IN3O2/c1-5-6-14-10-8(13)9(7(2)3)15-11(16-10)12(17)18-4/h7H,5-6H2,1-4H3,(H,14,15,16). The van der Waals surface area contributed by atoms with Crippen LogP contribution in [-0.2, 0) is 4.74 Å². The highest BCUT2D eigenvalue weighted by Gasteiger charge is 2.18. The average molecular weight is 363 g/mol. The molecule has 0 bridgehead atoms. The van der Waals surface area contributed by atoms with E-state index in [2.05, 4.69) is 49.5 Å². The monoisotopic (exact) mass is 363 g/mol. The van der Waals surface area contributed by atoms with E-state index in [0.717, 1.165) is 22.2 Å². The van der Waals surface area contributed by atoms with E-state index in [4.69, 9.17) is 0 Å². The Morgan fingerprint density at radius 3 is 2.61 bits per heavy atom. The van der Waals surface area contributed by atoms with Crippen molar-refractivity contribution in [3.8, 4) is 0 Å². The van der Waals surface area contributed by atoms with Crippen molar-refractivity contribution in [1.82, 2.24) is 9.97 Å². The first kappa shape index (κ1) is 15.1. The SMILES string of the molecule is CCCNc1nc(C(=O)OC)nc(C(C)C)c1I. The number of anilines is 1. The number of carbonyl (C=O) groups excluding carboxylic acids is 1. The lowest BCUT2D eigenvalue weighted by Crippen LogP contribution is -2.15. The van der Waals surface area contributed by atoms with Crippen molar-refractivity contribution in [2.75, 3.05) is 19.0 Å². The van der Waals surface area contributed by atoms with Gasteiger partial charge in [-0.15, -0.1) is 0 Å². The van der Waals surface area contributed by atoms with E-state index in [-0.39, 0.29) is 11.7 Å². The maximum atomic E-state index is 11.5. The molecule has 0 saturated carbocycles. The smallest absolute Gasteiger partial charge is 0.376 e. The van der Waals surface area contributed by atoms with Crippen molar-refractivity contribution in [1.29, 1.82) is 0 Å². The molecular formula is C12H18IN3O2. The number of nitrogens with zero attached hydrogens (tertiary/aromatic N) is 2. The summed E-state index contributed by atoms with van der Waals surface area (Å²) in [5.74, 6) is 0.537. The first-order valence-corrected chi connectivity index (χ1v) is 6.98. The molecule has 0 aliphatic carbocycles. The van der Waals surface area contributed by atoms with Gasteiger partial charge >= 0.3 is 5.97 Å². The van der Waals surface area contributed by atoms with Crippen LogP contribution in [0.15, 0.2) is 0 Å². The maximum absolute atomic E-state index is 11.5. The van der Waals surface area contributed by atoms with Crippen LogP contribution in [0.2, 0.25) is 0 Å². The fourth-order valence-electron chi connectivity index (χ4n) is 1.39. The third-order valence-electron chi connectivity index (χ3n) is 2.33. The number of methoxy groups -OCH3 is 1. The number of rotatable bonds is 5. The van der Waals surface area contributed by atoms with Gasteiger partial charge in [-0.25, -0.2) is 14.8 Å². The molecule has 0 aliphatic heterocycles. The molecule has 18 heavy (non-hydrogen) atoms. The zero-order chi connectivity index (χ0) is 13.7. The first-order chi connectivity index (χ1) is 8.51. The Labute approximate surface area is 121 Å². The summed E-state index contributed by atoms with van der Waals surface area (Å²) in [6, 6.07) is 0.